The molecule has 0 radical (unpaired) electrons. The Labute approximate surface area is 216 Å². The zero-order valence-corrected chi connectivity index (χ0v) is 20.0. The first-order valence-electron chi connectivity index (χ1n) is 12.0. The number of carbonyl (C=O) groups excluding carboxylic acids is 1. The SMILES string of the molecule is O=C(O)N[C@](C(=O)N1CC(c2cc(F)ccc2F)=C[C@H]1c1ccccc1)(c1ccc([N+](=O)[O-])cc1)C1CC1. The normalized spacial score (nSPS) is 18.4. The maximum Gasteiger partial charge on any atom is 0.405 e. The van der Waals surface area contributed by atoms with E-state index in [1.165, 1.54) is 29.2 Å². The van der Waals surface area contributed by atoms with Crippen molar-refractivity contribution in [1.29, 1.82) is 0 Å². The number of amides is 2. The lowest BCUT2D eigenvalue weighted by molar-refractivity contribution is -0.384. The standard InChI is InChI=1S/C28H23F2N3O5/c29-21-10-13-24(30)23(15-21)18-14-25(17-4-2-1-3-5-17)32(16-18)26(34)28(19-6-7-19,31-27(35)36)20-8-11-22(12-9-20)33(37)38/h1-5,8-15,19,25,31H,6-7,16H2,(H,35,36)/t25-,28-/m0/s1. The zero-order chi connectivity index (χ0) is 27.0. The fraction of sp³-hybridized carbons (Fsp3) is 0.214. The van der Waals surface area contributed by atoms with Gasteiger partial charge in [0.15, 0.2) is 5.54 Å². The maximum atomic E-state index is 14.7. The molecule has 0 bridgehead atoms. The van der Waals surface area contributed by atoms with Crippen molar-refractivity contribution >= 4 is 23.3 Å². The highest BCUT2D eigenvalue weighted by atomic mass is 19.1. The predicted octanol–water partition coefficient (Wildman–Crippen LogP) is 5.41. The summed E-state index contributed by atoms with van der Waals surface area (Å²) in [5.74, 6) is -2.24. The average Bonchev–Trinajstić information content (AvgIpc) is 3.67. The Hall–Kier alpha value is -4.60. The van der Waals surface area contributed by atoms with Gasteiger partial charge in [-0.25, -0.2) is 13.6 Å². The molecule has 3 aromatic rings. The van der Waals surface area contributed by atoms with Gasteiger partial charge in [-0.05, 0) is 65.8 Å². The Morgan fingerprint density at radius 3 is 2.32 bits per heavy atom. The van der Waals surface area contributed by atoms with E-state index in [-0.39, 0.29) is 29.3 Å². The van der Waals surface area contributed by atoms with Gasteiger partial charge < -0.3 is 15.3 Å². The molecule has 5 rings (SSSR count). The van der Waals surface area contributed by atoms with Crippen LogP contribution in [0.1, 0.15) is 35.6 Å². The molecule has 1 heterocycles. The first-order valence-corrected chi connectivity index (χ1v) is 12.0. The third-order valence-electron chi connectivity index (χ3n) is 7.08. The third-order valence-corrected chi connectivity index (χ3v) is 7.08. The summed E-state index contributed by atoms with van der Waals surface area (Å²) in [5, 5.41) is 23.5. The maximum absolute atomic E-state index is 14.7. The number of non-ortho nitro benzene ring substituents is 1. The number of nitro benzene ring substituents is 1. The molecule has 10 heteroatoms. The summed E-state index contributed by atoms with van der Waals surface area (Å²) in [6, 6.07) is 16.6. The van der Waals surface area contributed by atoms with Crippen LogP contribution < -0.4 is 5.32 Å². The smallest absolute Gasteiger partial charge is 0.405 e. The zero-order valence-electron chi connectivity index (χ0n) is 20.0. The monoisotopic (exact) mass is 519 g/mol. The molecule has 194 valence electrons. The van der Waals surface area contributed by atoms with Crippen LogP contribution in [-0.2, 0) is 10.3 Å². The van der Waals surface area contributed by atoms with Crippen molar-refractivity contribution in [2.75, 3.05) is 6.54 Å². The summed E-state index contributed by atoms with van der Waals surface area (Å²) in [6.45, 7) is -0.0957. The lowest BCUT2D eigenvalue weighted by atomic mass is 9.82. The van der Waals surface area contributed by atoms with Gasteiger partial charge in [0.05, 0.1) is 11.0 Å². The average molecular weight is 520 g/mol. The van der Waals surface area contributed by atoms with Gasteiger partial charge in [-0.1, -0.05) is 36.4 Å². The highest BCUT2D eigenvalue weighted by Gasteiger charge is 2.56. The van der Waals surface area contributed by atoms with Crippen LogP contribution in [-0.4, -0.2) is 33.5 Å². The number of benzene rings is 3. The van der Waals surface area contributed by atoms with Crippen molar-refractivity contribution < 1.29 is 28.4 Å². The second-order valence-corrected chi connectivity index (χ2v) is 9.42. The van der Waals surface area contributed by atoms with Gasteiger partial charge in [-0.2, -0.15) is 0 Å². The highest BCUT2D eigenvalue weighted by molar-refractivity contribution is 5.94. The molecule has 2 aliphatic rings. The third kappa shape index (κ3) is 4.49. The fourth-order valence-corrected chi connectivity index (χ4v) is 5.18. The van der Waals surface area contributed by atoms with Crippen LogP contribution in [0.3, 0.4) is 0 Å². The first-order chi connectivity index (χ1) is 18.2. The number of hydrogen-bond donors (Lipinski definition) is 2. The van der Waals surface area contributed by atoms with E-state index in [9.17, 15) is 33.6 Å². The van der Waals surface area contributed by atoms with E-state index in [1.807, 2.05) is 0 Å². The van der Waals surface area contributed by atoms with E-state index >= 15 is 0 Å². The van der Waals surface area contributed by atoms with E-state index in [2.05, 4.69) is 5.32 Å². The Morgan fingerprint density at radius 1 is 1.03 bits per heavy atom. The number of hydrogen-bond acceptors (Lipinski definition) is 4. The van der Waals surface area contributed by atoms with Crippen LogP contribution in [0.4, 0.5) is 19.3 Å². The highest BCUT2D eigenvalue weighted by Crippen LogP contribution is 2.49. The molecule has 2 amide bonds. The van der Waals surface area contributed by atoms with Crippen molar-refractivity contribution in [2.45, 2.75) is 24.4 Å². The van der Waals surface area contributed by atoms with Crippen LogP contribution in [0.5, 0.6) is 0 Å². The van der Waals surface area contributed by atoms with E-state index in [1.54, 1.807) is 36.4 Å². The second kappa shape index (κ2) is 9.70. The minimum atomic E-state index is -1.72. The Balaban J connectivity index is 1.62. The first kappa shape index (κ1) is 25.1. The van der Waals surface area contributed by atoms with Gasteiger partial charge in [0.2, 0.25) is 0 Å². The number of nitrogens with one attached hydrogen (secondary N) is 1. The largest absolute Gasteiger partial charge is 0.465 e. The summed E-state index contributed by atoms with van der Waals surface area (Å²) in [4.78, 5) is 38.6. The van der Waals surface area contributed by atoms with Crippen molar-refractivity contribution in [2.24, 2.45) is 5.92 Å². The van der Waals surface area contributed by atoms with Gasteiger partial charge in [-0.15, -0.1) is 0 Å². The van der Waals surface area contributed by atoms with Gasteiger partial charge in [0, 0.05) is 24.2 Å². The Bertz CT molecular complexity index is 1440. The predicted molar refractivity (Wildman–Crippen MR) is 134 cm³/mol. The number of halogens is 2. The van der Waals surface area contributed by atoms with E-state index in [4.69, 9.17) is 0 Å². The quantitative estimate of drug-likeness (QED) is 0.320. The molecule has 0 unspecified atom stereocenters. The lowest BCUT2D eigenvalue weighted by Crippen LogP contribution is -2.58. The molecule has 3 aromatic carbocycles. The molecule has 1 saturated carbocycles. The Kier molecular flexibility index (Phi) is 6.40. The van der Waals surface area contributed by atoms with E-state index in [0.717, 1.165) is 18.2 Å². The molecule has 0 saturated heterocycles. The van der Waals surface area contributed by atoms with Crippen LogP contribution in [0.2, 0.25) is 0 Å². The molecule has 1 aliphatic carbocycles. The summed E-state index contributed by atoms with van der Waals surface area (Å²) in [5.41, 5.74) is -0.549. The van der Waals surface area contributed by atoms with Crippen LogP contribution in [0.15, 0.2) is 78.9 Å². The number of rotatable bonds is 7. The molecule has 1 aliphatic heterocycles. The molecule has 0 spiro atoms. The summed E-state index contributed by atoms with van der Waals surface area (Å²) < 4.78 is 28.8. The van der Waals surface area contributed by atoms with Crippen LogP contribution in [0, 0.1) is 27.7 Å². The Morgan fingerprint density at radius 2 is 1.71 bits per heavy atom. The molecule has 1 fully saturated rings. The van der Waals surface area contributed by atoms with Crippen molar-refractivity contribution in [1.82, 2.24) is 10.2 Å². The number of nitrogens with zero attached hydrogens (tertiary/aromatic N) is 2. The minimum Gasteiger partial charge on any atom is -0.465 e. The summed E-state index contributed by atoms with van der Waals surface area (Å²) in [7, 11) is 0. The molecular weight excluding hydrogens is 496 g/mol. The molecule has 8 nitrogen and oxygen atoms in total. The van der Waals surface area contributed by atoms with Gasteiger partial charge >= 0.3 is 6.09 Å². The number of carbonyl (C=O) groups is 2. The van der Waals surface area contributed by atoms with Gasteiger partial charge in [0.1, 0.15) is 11.6 Å². The van der Waals surface area contributed by atoms with E-state index in [0.29, 0.717) is 24.0 Å². The molecular formula is C28H23F2N3O5. The minimum absolute atomic E-state index is 0.0137. The lowest BCUT2D eigenvalue weighted by Gasteiger charge is -2.39. The molecule has 2 atom stereocenters. The van der Waals surface area contributed by atoms with E-state index < -0.39 is 40.1 Å². The topological polar surface area (TPSA) is 113 Å². The number of nitro groups is 1. The summed E-state index contributed by atoms with van der Waals surface area (Å²) in [6.07, 6.45) is 1.37. The molecule has 38 heavy (non-hydrogen) atoms. The summed E-state index contributed by atoms with van der Waals surface area (Å²) >= 11 is 0. The second-order valence-electron chi connectivity index (χ2n) is 9.42. The van der Waals surface area contributed by atoms with Crippen molar-refractivity contribution in [3.8, 4) is 0 Å². The van der Waals surface area contributed by atoms with Crippen LogP contribution >= 0.6 is 0 Å². The van der Waals surface area contributed by atoms with Gasteiger partial charge in [-0.3, -0.25) is 14.9 Å². The van der Waals surface area contributed by atoms with Crippen molar-refractivity contribution in [3.63, 3.8) is 0 Å². The van der Waals surface area contributed by atoms with Crippen LogP contribution in [0.25, 0.3) is 5.57 Å². The number of carboxylic acid groups (broad SMARTS) is 1. The fourth-order valence-electron chi connectivity index (χ4n) is 5.18. The molecule has 2 N–H and O–H groups in total. The van der Waals surface area contributed by atoms with Gasteiger partial charge in [0.25, 0.3) is 11.6 Å². The molecule has 0 aromatic heterocycles. The van der Waals surface area contributed by atoms with Crippen molar-refractivity contribution in [3.05, 3.63) is 117 Å².